The number of benzene rings is 3. The van der Waals surface area contributed by atoms with Gasteiger partial charge in [-0.2, -0.15) is 5.26 Å². The highest BCUT2D eigenvalue weighted by Gasteiger charge is 2.36. The van der Waals surface area contributed by atoms with Gasteiger partial charge in [-0.15, -0.1) is 0 Å². The van der Waals surface area contributed by atoms with Gasteiger partial charge in [-0.3, -0.25) is 9.59 Å². The lowest BCUT2D eigenvalue weighted by Gasteiger charge is -2.30. The molecule has 0 saturated carbocycles. The van der Waals surface area contributed by atoms with Gasteiger partial charge in [-0.05, 0) is 61.2 Å². The zero-order valence-electron chi connectivity index (χ0n) is 22.5. The van der Waals surface area contributed by atoms with Crippen LogP contribution in [0.5, 0.6) is 0 Å². The van der Waals surface area contributed by atoms with Gasteiger partial charge in [0.1, 0.15) is 0 Å². The summed E-state index contributed by atoms with van der Waals surface area (Å²) >= 11 is 7.81. The van der Waals surface area contributed by atoms with E-state index in [1.165, 1.54) is 17.3 Å². The van der Waals surface area contributed by atoms with E-state index < -0.39 is 5.92 Å². The molecule has 0 radical (unpaired) electrons. The molecule has 6 nitrogen and oxygen atoms in total. The highest BCUT2D eigenvalue weighted by molar-refractivity contribution is 8.03. The van der Waals surface area contributed by atoms with Crippen LogP contribution in [0.4, 0.5) is 11.4 Å². The molecule has 0 fully saturated rings. The summed E-state index contributed by atoms with van der Waals surface area (Å²) in [5.41, 5.74) is 4.56. The molecule has 2 amide bonds. The molecule has 8 heteroatoms. The number of thioether (sulfide) groups is 1. The molecule has 0 saturated heterocycles. The Morgan fingerprint density at radius 3 is 2.33 bits per heavy atom. The molecule has 0 unspecified atom stereocenters. The smallest absolute Gasteiger partial charge is 0.254 e. The first-order valence-corrected chi connectivity index (χ1v) is 14.5. The lowest BCUT2D eigenvalue weighted by atomic mass is 9.82. The molecule has 40 heavy (non-hydrogen) atoms. The Kier molecular flexibility index (Phi) is 10.1. The predicted octanol–water partition coefficient (Wildman–Crippen LogP) is 7.39. The third-order valence-corrected chi connectivity index (χ3v) is 7.91. The van der Waals surface area contributed by atoms with Crippen LogP contribution < -0.4 is 16.0 Å². The van der Waals surface area contributed by atoms with Crippen molar-refractivity contribution in [3.8, 4) is 6.07 Å². The van der Waals surface area contributed by atoms with Crippen LogP contribution in [0.2, 0.25) is 5.02 Å². The first-order valence-electron chi connectivity index (χ1n) is 13.2. The molecule has 0 aromatic heterocycles. The minimum Gasteiger partial charge on any atom is -0.353 e. The van der Waals surface area contributed by atoms with E-state index in [1.807, 2.05) is 54.6 Å². The minimum atomic E-state index is -0.704. The predicted molar refractivity (Wildman–Crippen MR) is 164 cm³/mol. The van der Waals surface area contributed by atoms with E-state index in [9.17, 15) is 14.9 Å². The van der Waals surface area contributed by atoms with E-state index in [-0.39, 0.29) is 17.6 Å². The van der Waals surface area contributed by atoms with E-state index in [4.69, 9.17) is 11.6 Å². The second-order valence-electron chi connectivity index (χ2n) is 9.43. The third kappa shape index (κ3) is 7.15. The van der Waals surface area contributed by atoms with E-state index in [2.05, 4.69) is 28.9 Å². The second kappa shape index (κ2) is 13.9. The summed E-state index contributed by atoms with van der Waals surface area (Å²) in [6.07, 6.45) is 3.28. The van der Waals surface area contributed by atoms with Crippen LogP contribution >= 0.6 is 23.4 Å². The Bertz CT molecular complexity index is 1480. The molecule has 0 bridgehead atoms. The number of nitrogens with zero attached hydrogens (tertiary/aromatic N) is 1. The van der Waals surface area contributed by atoms with Crippen LogP contribution in [0.15, 0.2) is 101 Å². The number of nitriles is 1. The number of unbranched alkanes of at least 4 members (excludes halogenated alkanes) is 1. The summed E-state index contributed by atoms with van der Waals surface area (Å²) in [5.74, 6) is -1.15. The monoisotopic (exact) mass is 570 g/mol. The molecule has 1 heterocycles. The maximum absolute atomic E-state index is 13.5. The van der Waals surface area contributed by atoms with Gasteiger partial charge in [0, 0.05) is 27.7 Å². The molecule has 1 atom stereocenters. The molecule has 1 aliphatic rings. The number of dihydropyridines is 1. The first kappa shape index (κ1) is 29.0. The molecule has 0 spiro atoms. The maximum Gasteiger partial charge on any atom is 0.254 e. The van der Waals surface area contributed by atoms with Gasteiger partial charge in [0.15, 0.2) is 0 Å². The van der Waals surface area contributed by atoms with Crippen LogP contribution in [-0.2, 0) is 16.0 Å². The minimum absolute atomic E-state index is 0.0825. The highest BCUT2D eigenvalue weighted by atomic mass is 35.5. The molecular formula is C32H31ClN4O2S. The lowest BCUT2D eigenvalue weighted by molar-refractivity contribution is -0.114. The summed E-state index contributed by atoms with van der Waals surface area (Å²) in [6, 6.07) is 26.5. The van der Waals surface area contributed by atoms with Crippen molar-refractivity contribution in [2.75, 3.05) is 16.4 Å². The Morgan fingerprint density at radius 1 is 0.975 bits per heavy atom. The Hall–Kier alpha value is -3.99. The number of hydrogen-bond donors (Lipinski definition) is 3. The van der Waals surface area contributed by atoms with Crippen molar-refractivity contribution in [1.29, 1.82) is 5.26 Å². The molecule has 0 aliphatic carbocycles. The molecule has 3 aromatic rings. The number of halogens is 1. The number of para-hydroxylation sites is 1. The average Bonchev–Trinajstić information content (AvgIpc) is 2.96. The number of anilines is 2. The van der Waals surface area contributed by atoms with Gasteiger partial charge in [-0.1, -0.05) is 85.2 Å². The normalized spacial score (nSPS) is 14.8. The lowest BCUT2D eigenvalue weighted by Crippen LogP contribution is -2.31. The summed E-state index contributed by atoms with van der Waals surface area (Å²) in [4.78, 5) is 26.3. The van der Waals surface area contributed by atoms with Crippen LogP contribution in [-0.4, -0.2) is 17.6 Å². The standard InChI is InChI=1S/C32H31ClN4O2S/c1-3-4-10-22-15-17-24(18-16-22)36-28(38)20-40-32-26(19-34)30(25-13-8-9-14-27(25)33)29(21(2)35-32)31(39)37-23-11-6-5-7-12-23/h5-9,11-18,30,35H,3-4,10,20H2,1-2H3,(H,36,38)(H,37,39)/t30-/m0/s1. The first-order chi connectivity index (χ1) is 19.4. The number of allylic oxidation sites excluding steroid dienone is 2. The summed E-state index contributed by atoms with van der Waals surface area (Å²) in [7, 11) is 0. The highest BCUT2D eigenvalue weighted by Crippen LogP contribution is 2.43. The molecule has 3 aromatic carbocycles. The summed E-state index contributed by atoms with van der Waals surface area (Å²) in [6.45, 7) is 3.95. The maximum atomic E-state index is 13.5. The van der Waals surface area contributed by atoms with Crippen molar-refractivity contribution in [3.05, 3.63) is 117 Å². The zero-order valence-corrected chi connectivity index (χ0v) is 24.0. The van der Waals surface area contributed by atoms with Crippen LogP contribution in [0.1, 0.15) is 43.7 Å². The van der Waals surface area contributed by atoms with Gasteiger partial charge in [0.2, 0.25) is 5.91 Å². The van der Waals surface area contributed by atoms with E-state index >= 15 is 0 Å². The summed E-state index contributed by atoms with van der Waals surface area (Å²) < 4.78 is 0. The fraction of sp³-hybridized carbons (Fsp3) is 0.219. The fourth-order valence-electron chi connectivity index (χ4n) is 4.54. The Balaban J connectivity index is 1.56. The average molecular weight is 571 g/mol. The van der Waals surface area contributed by atoms with Crippen molar-refractivity contribution >= 4 is 46.6 Å². The van der Waals surface area contributed by atoms with Crippen molar-refractivity contribution in [1.82, 2.24) is 5.32 Å². The van der Waals surface area contributed by atoms with Crippen LogP contribution in [0, 0.1) is 11.3 Å². The number of rotatable bonds is 10. The molecular weight excluding hydrogens is 540 g/mol. The van der Waals surface area contributed by atoms with Crippen LogP contribution in [0.25, 0.3) is 0 Å². The molecule has 1 aliphatic heterocycles. The molecule has 204 valence electrons. The molecule has 3 N–H and O–H groups in total. The van der Waals surface area contributed by atoms with E-state index in [0.717, 1.165) is 24.9 Å². The van der Waals surface area contributed by atoms with Crippen LogP contribution in [0.3, 0.4) is 0 Å². The topological polar surface area (TPSA) is 94.0 Å². The van der Waals surface area contributed by atoms with Gasteiger partial charge < -0.3 is 16.0 Å². The van der Waals surface area contributed by atoms with E-state index in [1.54, 1.807) is 31.2 Å². The Labute approximate surface area is 244 Å². The number of amides is 2. The van der Waals surface area contributed by atoms with Gasteiger partial charge in [0.05, 0.1) is 28.3 Å². The summed E-state index contributed by atoms with van der Waals surface area (Å²) in [5, 5.41) is 20.3. The quantitative estimate of drug-likeness (QED) is 0.236. The van der Waals surface area contributed by atoms with Crippen molar-refractivity contribution in [2.24, 2.45) is 0 Å². The zero-order chi connectivity index (χ0) is 28.5. The van der Waals surface area contributed by atoms with Crippen molar-refractivity contribution in [3.63, 3.8) is 0 Å². The van der Waals surface area contributed by atoms with Crippen molar-refractivity contribution in [2.45, 2.75) is 39.0 Å². The van der Waals surface area contributed by atoms with Gasteiger partial charge in [0.25, 0.3) is 5.91 Å². The number of nitrogens with one attached hydrogen (secondary N) is 3. The second-order valence-corrected chi connectivity index (χ2v) is 10.8. The number of carbonyl (C=O) groups excluding carboxylic acids is 2. The SMILES string of the molecule is CCCCc1ccc(NC(=O)CSC2=C(C#N)[C@H](c3ccccc3Cl)C(C(=O)Nc3ccccc3)=C(C)N2)cc1. The Morgan fingerprint density at radius 2 is 1.65 bits per heavy atom. The largest absolute Gasteiger partial charge is 0.353 e. The van der Waals surface area contributed by atoms with Gasteiger partial charge >= 0.3 is 0 Å². The number of aryl methyl sites for hydroxylation is 1. The van der Waals surface area contributed by atoms with Crippen molar-refractivity contribution < 1.29 is 9.59 Å². The fourth-order valence-corrected chi connectivity index (χ4v) is 5.67. The molecule has 4 rings (SSSR count). The van der Waals surface area contributed by atoms with E-state index in [0.29, 0.717) is 38.1 Å². The third-order valence-electron chi connectivity index (χ3n) is 6.54. The number of hydrogen-bond acceptors (Lipinski definition) is 5. The number of carbonyl (C=O) groups is 2. The van der Waals surface area contributed by atoms with Gasteiger partial charge in [-0.25, -0.2) is 0 Å².